The van der Waals surface area contributed by atoms with Gasteiger partial charge in [0.25, 0.3) is 0 Å². The average molecular weight is 343 g/mol. The lowest BCUT2D eigenvalue weighted by molar-refractivity contribution is -0.126. The topological polar surface area (TPSA) is 64.4 Å². The minimum atomic E-state index is -0.815. The molecule has 1 aromatic rings. The number of halogens is 1. The molecule has 0 saturated heterocycles. The van der Waals surface area contributed by atoms with Crippen LogP contribution in [0.1, 0.15) is 33.6 Å². The molecule has 0 heterocycles. The van der Waals surface area contributed by atoms with Crippen molar-refractivity contribution >= 4 is 21.8 Å². The molecule has 2 atom stereocenters. The molecule has 112 valence electrons. The third kappa shape index (κ3) is 5.51. The largest absolute Gasteiger partial charge is 0.489 e. The van der Waals surface area contributed by atoms with Crippen LogP contribution in [0, 0.1) is 0 Å². The van der Waals surface area contributed by atoms with Crippen molar-refractivity contribution in [2.75, 3.05) is 6.54 Å². The molecule has 4 nitrogen and oxygen atoms in total. The van der Waals surface area contributed by atoms with Gasteiger partial charge in [-0.25, -0.2) is 0 Å². The first-order chi connectivity index (χ1) is 9.35. The van der Waals surface area contributed by atoms with E-state index in [2.05, 4.69) is 21.2 Å². The van der Waals surface area contributed by atoms with E-state index in [0.717, 1.165) is 16.6 Å². The SMILES string of the molecule is CCCC(C)(N)C(=O)NCC(C)Oc1cccc(Br)c1. The van der Waals surface area contributed by atoms with Crippen LogP contribution < -0.4 is 15.8 Å². The van der Waals surface area contributed by atoms with Crippen molar-refractivity contribution < 1.29 is 9.53 Å². The second-order valence-corrected chi connectivity index (χ2v) is 6.18. The van der Waals surface area contributed by atoms with Gasteiger partial charge in [-0.05, 0) is 38.5 Å². The van der Waals surface area contributed by atoms with Gasteiger partial charge in [0.1, 0.15) is 11.9 Å². The highest BCUT2D eigenvalue weighted by Gasteiger charge is 2.27. The predicted octanol–water partition coefficient (Wildman–Crippen LogP) is 2.85. The second-order valence-electron chi connectivity index (χ2n) is 5.26. The lowest BCUT2D eigenvalue weighted by atomic mass is 9.96. The molecule has 0 fully saturated rings. The van der Waals surface area contributed by atoms with Crippen molar-refractivity contribution in [3.05, 3.63) is 28.7 Å². The molecule has 0 aliphatic carbocycles. The fourth-order valence-corrected chi connectivity index (χ4v) is 2.26. The number of hydrogen-bond donors (Lipinski definition) is 2. The third-order valence-corrected chi connectivity index (χ3v) is 3.46. The lowest BCUT2D eigenvalue weighted by Crippen LogP contribution is -2.53. The van der Waals surface area contributed by atoms with E-state index in [9.17, 15) is 4.79 Å². The monoisotopic (exact) mass is 342 g/mol. The molecule has 0 aliphatic heterocycles. The summed E-state index contributed by atoms with van der Waals surface area (Å²) in [6.07, 6.45) is 1.43. The smallest absolute Gasteiger partial charge is 0.239 e. The Morgan fingerprint density at radius 1 is 1.55 bits per heavy atom. The maximum atomic E-state index is 12.0. The number of benzene rings is 1. The van der Waals surface area contributed by atoms with Gasteiger partial charge in [-0.15, -0.1) is 0 Å². The molecule has 0 spiro atoms. The summed E-state index contributed by atoms with van der Waals surface area (Å²) >= 11 is 3.39. The van der Waals surface area contributed by atoms with Gasteiger partial charge in [0.05, 0.1) is 12.1 Å². The summed E-state index contributed by atoms with van der Waals surface area (Å²) in [7, 11) is 0. The van der Waals surface area contributed by atoms with E-state index in [1.807, 2.05) is 38.1 Å². The van der Waals surface area contributed by atoms with Crippen LogP contribution in [-0.2, 0) is 4.79 Å². The molecule has 2 unspecified atom stereocenters. The van der Waals surface area contributed by atoms with E-state index in [0.29, 0.717) is 13.0 Å². The Balaban J connectivity index is 2.43. The van der Waals surface area contributed by atoms with Crippen molar-refractivity contribution in [3.63, 3.8) is 0 Å². The number of amides is 1. The van der Waals surface area contributed by atoms with E-state index < -0.39 is 5.54 Å². The molecule has 1 amide bonds. The predicted molar refractivity (Wildman–Crippen MR) is 84.7 cm³/mol. The highest BCUT2D eigenvalue weighted by Crippen LogP contribution is 2.18. The summed E-state index contributed by atoms with van der Waals surface area (Å²) in [4.78, 5) is 12.0. The molecular formula is C15H23BrN2O2. The molecule has 5 heteroatoms. The minimum absolute atomic E-state index is 0.120. The molecule has 20 heavy (non-hydrogen) atoms. The first-order valence-electron chi connectivity index (χ1n) is 6.84. The molecule has 0 saturated carbocycles. The van der Waals surface area contributed by atoms with Crippen LogP contribution >= 0.6 is 15.9 Å². The van der Waals surface area contributed by atoms with Crippen LogP contribution in [0.15, 0.2) is 28.7 Å². The van der Waals surface area contributed by atoms with Crippen LogP contribution in [-0.4, -0.2) is 24.1 Å². The van der Waals surface area contributed by atoms with Crippen LogP contribution in [0.4, 0.5) is 0 Å². The molecule has 0 aliphatic rings. The Labute approximate surface area is 129 Å². The second kappa shape index (κ2) is 7.64. The maximum absolute atomic E-state index is 12.0. The minimum Gasteiger partial charge on any atom is -0.489 e. The number of nitrogens with one attached hydrogen (secondary N) is 1. The fourth-order valence-electron chi connectivity index (χ4n) is 1.89. The molecular weight excluding hydrogens is 320 g/mol. The Morgan fingerprint density at radius 2 is 2.25 bits per heavy atom. The normalized spacial score (nSPS) is 15.2. The van der Waals surface area contributed by atoms with Crippen molar-refractivity contribution in [2.45, 2.75) is 45.3 Å². The molecule has 0 bridgehead atoms. The average Bonchev–Trinajstić information content (AvgIpc) is 2.35. The van der Waals surface area contributed by atoms with Crippen LogP contribution in [0.5, 0.6) is 5.75 Å². The molecule has 1 aromatic carbocycles. The zero-order valence-corrected chi connectivity index (χ0v) is 13.9. The number of hydrogen-bond acceptors (Lipinski definition) is 3. The Hall–Kier alpha value is -1.07. The number of carbonyl (C=O) groups is 1. The van der Waals surface area contributed by atoms with Crippen molar-refractivity contribution in [3.8, 4) is 5.75 Å². The summed E-state index contributed by atoms with van der Waals surface area (Å²) in [5.74, 6) is 0.634. The van der Waals surface area contributed by atoms with Crippen molar-refractivity contribution in [2.24, 2.45) is 5.73 Å². The zero-order chi connectivity index (χ0) is 15.2. The zero-order valence-electron chi connectivity index (χ0n) is 12.3. The number of carbonyl (C=O) groups excluding carboxylic acids is 1. The summed E-state index contributed by atoms with van der Waals surface area (Å²) in [6, 6.07) is 7.61. The lowest BCUT2D eigenvalue weighted by Gasteiger charge is -2.24. The fraction of sp³-hybridized carbons (Fsp3) is 0.533. The highest BCUT2D eigenvalue weighted by atomic mass is 79.9. The Kier molecular flexibility index (Phi) is 6.49. The van der Waals surface area contributed by atoms with E-state index in [-0.39, 0.29) is 12.0 Å². The third-order valence-electron chi connectivity index (χ3n) is 2.97. The van der Waals surface area contributed by atoms with Gasteiger partial charge < -0.3 is 15.8 Å². The van der Waals surface area contributed by atoms with Gasteiger partial charge >= 0.3 is 0 Å². The van der Waals surface area contributed by atoms with E-state index in [1.54, 1.807) is 6.92 Å². The number of ether oxygens (including phenoxy) is 1. The number of rotatable bonds is 7. The van der Waals surface area contributed by atoms with Gasteiger partial charge in [-0.1, -0.05) is 35.3 Å². The maximum Gasteiger partial charge on any atom is 0.239 e. The van der Waals surface area contributed by atoms with Gasteiger partial charge in [-0.2, -0.15) is 0 Å². The highest BCUT2D eigenvalue weighted by molar-refractivity contribution is 9.10. The first-order valence-corrected chi connectivity index (χ1v) is 7.64. The quantitative estimate of drug-likeness (QED) is 0.800. The summed E-state index contributed by atoms with van der Waals surface area (Å²) in [5.41, 5.74) is 5.16. The van der Waals surface area contributed by atoms with Crippen molar-refractivity contribution in [1.82, 2.24) is 5.32 Å². The standard InChI is InChI=1S/C15H23BrN2O2/c1-4-8-15(3,17)14(19)18-10-11(2)20-13-7-5-6-12(16)9-13/h5-7,9,11H,4,8,10,17H2,1-3H3,(H,18,19). The molecule has 3 N–H and O–H groups in total. The van der Waals surface area contributed by atoms with Gasteiger partial charge in [-0.3, -0.25) is 4.79 Å². The molecule has 1 rings (SSSR count). The van der Waals surface area contributed by atoms with Crippen LogP contribution in [0.25, 0.3) is 0 Å². The van der Waals surface area contributed by atoms with Gasteiger partial charge in [0.15, 0.2) is 0 Å². The van der Waals surface area contributed by atoms with Gasteiger partial charge in [0.2, 0.25) is 5.91 Å². The van der Waals surface area contributed by atoms with E-state index >= 15 is 0 Å². The van der Waals surface area contributed by atoms with E-state index in [4.69, 9.17) is 10.5 Å². The van der Waals surface area contributed by atoms with Crippen LogP contribution in [0.2, 0.25) is 0 Å². The van der Waals surface area contributed by atoms with Crippen LogP contribution in [0.3, 0.4) is 0 Å². The van der Waals surface area contributed by atoms with Crippen molar-refractivity contribution in [1.29, 1.82) is 0 Å². The Bertz CT molecular complexity index is 449. The summed E-state index contributed by atoms with van der Waals surface area (Å²) in [5, 5.41) is 2.84. The van der Waals surface area contributed by atoms with Gasteiger partial charge in [0, 0.05) is 4.47 Å². The first kappa shape index (κ1) is 17.0. The van der Waals surface area contributed by atoms with E-state index in [1.165, 1.54) is 0 Å². The molecule has 0 radical (unpaired) electrons. The Morgan fingerprint density at radius 3 is 2.85 bits per heavy atom. The summed E-state index contributed by atoms with van der Waals surface area (Å²) in [6.45, 7) is 6.11. The molecule has 0 aromatic heterocycles. The number of nitrogens with two attached hydrogens (primary N) is 1. The summed E-state index contributed by atoms with van der Waals surface area (Å²) < 4.78 is 6.69.